The Morgan fingerprint density at radius 2 is 1.71 bits per heavy atom. The van der Waals surface area contributed by atoms with Crippen LogP contribution in [0.25, 0.3) is 0 Å². The molecule has 3 aromatic rings. The Morgan fingerprint density at radius 3 is 2.22 bits per heavy atom. The molecule has 2 heterocycles. The van der Waals surface area contributed by atoms with Crippen molar-refractivity contribution in [3.63, 3.8) is 0 Å². The van der Waals surface area contributed by atoms with E-state index in [1.54, 1.807) is 12.1 Å². The van der Waals surface area contributed by atoms with Crippen LogP contribution in [-0.2, 0) is 32.1 Å². The molecule has 1 aromatic heterocycles. The van der Waals surface area contributed by atoms with Gasteiger partial charge in [0.15, 0.2) is 0 Å². The van der Waals surface area contributed by atoms with Crippen molar-refractivity contribution in [3.05, 3.63) is 59.7 Å². The molecule has 246 valence electrons. The maximum atomic E-state index is 13.1. The molecule has 1 amide bonds. The summed E-state index contributed by atoms with van der Waals surface area (Å²) in [5, 5.41) is 12.3. The highest BCUT2D eigenvalue weighted by Gasteiger charge is 2.41. The number of amides is 1. The van der Waals surface area contributed by atoms with E-state index in [4.69, 9.17) is 5.73 Å². The summed E-state index contributed by atoms with van der Waals surface area (Å²) in [7, 11) is -4.33. The lowest BCUT2D eigenvalue weighted by atomic mass is 10.0. The zero-order valence-electron chi connectivity index (χ0n) is 23.8. The number of hydrogen-bond donors (Lipinski definition) is 3. The number of halogens is 5. The lowest BCUT2D eigenvalue weighted by Gasteiger charge is -2.38. The summed E-state index contributed by atoms with van der Waals surface area (Å²) in [4.78, 5) is 28.1. The quantitative estimate of drug-likeness (QED) is 0.281. The summed E-state index contributed by atoms with van der Waals surface area (Å²) in [5.41, 5.74) is 6.29. The van der Waals surface area contributed by atoms with E-state index in [1.807, 2.05) is 0 Å². The van der Waals surface area contributed by atoms with Crippen LogP contribution < -0.4 is 20.7 Å². The van der Waals surface area contributed by atoms with E-state index in [9.17, 15) is 45.1 Å². The second kappa shape index (κ2) is 14.4. The van der Waals surface area contributed by atoms with E-state index >= 15 is 0 Å². The summed E-state index contributed by atoms with van der Waals surface area (Å²) in [6.45, 7) is 2.72. The molecule has 0 unspecified atom stereocenters. The average Bonchev–Trinajstić information content (AvgIpc) is 3.44. The zero-order valence-corrected chi connectivity index (χ0v) is 25.4. The zero-order chi connectivity index (χ0) is 33.6. The predicted molar refractivity (Wildman–Crippen MR) is 153 cm³/mol. The van der Waals surface area contributed by atoms with E-state index in [0.717, 1.165) is 45.7 Å². The number of nitrogens with two attached hydrogens (primary N) is 1. The lowest BCUT2D eigenvalue weighted by molar-refractivity contribution is -0.274. The SMILES string of the molecule is CC(=O)Nc1nsc(N2CCN(S(=O)(=O)c3ccc(OC(F)(F)F)cc3)[C@@H](C(=O)O)C2)n1.CCC(F)(F)c1ccc(CN)cc1. The van der Waals surface area contributed by atoms with E-state index in [2.05, 4.69) is 19.4 Å². The summed E-state index contributed by atoms with van der Waals surface area (Å²) in [5.74, 6) is -5.09. The van der Waals surface area contributed by atoms with Gasteiger partial charge in [-0.2, -0.15) is 13.7 Å². The second-order valence-electron chi connectivity index (χ2n) is 9.48. The topological polar surface area (TPSA) is 168 Å². The molecule has 4 rings (SSSR count). The molecule has 1 aliphatic heterocycles. The number of hydrogen-bond acceptors (Lipinski definition) is 10. The first-order chi connectivity index (χ1) is 21.0. The standard InChI is InChI=1S/C16H16F3N5O6S2.C10H13F2N/c1-9(25)20-14-21-15(31-22-14)23-6-7-24(12(8-23)13(26)27)32(28,29)11-4-2-10(3-5-11)30-16(17,18)19;1-2-10(11,12)9-5-3-8(7-13)4-6-9/h2-5,12H,6-8H2,1H3,(H,26,27)(H,20,22,25);3-6H,2,7,13H2,1H3/t12-;/m1./s1. The number of nitrogens with one attached hydrogen (secondary N) is 1. The normalized spacial score (nSPS) is 16.0. The average molecular weight is 681 g/mol. The molecular weight excluding hydrogens is 651 g/mol. The molecule has 0 aliphatic carbocycles. The highest BCUT2D eigenvalue weighted by atomic mass is 32.2. The van der Waals surface area contributed by atoms with Crippen molar-refractivity contribution in [1.82, 2.24) is 13.7 Å². The number of ether oxygens (including phenoxy) is 1. The molecule has 4 N–H and O–H groups in total. The molecule has 45 heavy (non-hydrogen) atoms. The maximum Gasteiger partial charge on any atom is 0.573 e. The Bertz CT molecular complexity index is 1570. The Kier molecular flexibility index (Phi) is 11.4. The van der Waals surface area contributed by atoms with Crippen molar-refractivity contribution in [2.75, 3.05) is 29.9 Å². The van der Waals surface area contributed by atoms with Crippen LogP contribution in [0, 0.1) is 0 Å². The van der Waals surface area contributed by atoms with Crippen molar-refractivity contribution in [1.29, 1.82) is 0 Å². The Hall–Kier alpha value is -3.94. The summed E-state index contributed by atoms with van der Waals surface area (Å²) in [6, 6.07) is 8.13. The highest BCUT2D eigenvalue weighted by molar-refractivity contribution is 7.89. The number of alkyl halides is 5. The van der Waals surface area contributed by atoms with Crippen LogP contribution in [0.4, 0.5) is 33.0 Å². The Morgan fingerprint density at radius 1 is 1.09 bits per heavy atom. The molecule has 1 atom stereocenters. The number of carbonyl (C=O) groups is 2. The number of anilines is 2. The van der Waals surface area contributed by atoms with Crippen LogP contribution in [0.3, 0.4) is 0 Å². The van der Waals surface area contributed by atoms with E-state index in [0.29, 0.717) is 11.7 Å². The van der Waals surface area contributed by atoms with E-state index in [1.165, 1.54) is 30.9 Å². The smallest absolute Gasteiger partial charge is 0.480 e. The van der Waals surface area contributed by atoms with Crippen LogP contribution in [-0.4, -0.2) is 71.1 Å². The number of carbonyl (C=O) groups excluding carboxylic acids is 1. The van der Waals surface area contributed by atoms with Gasteiger partial charge in [-0.3, -0.25) is 14.9 Å². The third-order valence-corrected chi connectivity index (χ3v) is 9.01. The van der Waals surface area contributed by atoms with Gasteiger partial charge in [0.1, 0.15) is 11.8 Å². The number of nitrogens with zero attached hydrogens (tertiary/aromatic N) is 4. The Balaban J connectivity index is 0.000000355. The number of aromatic nitrogens is 2. The third kappa shape index (κ3) is 9.52. The minimum atomic E-state index is -4.93. The lowest BCUT2D eigenvalue weighted by Crippen LogP contribution is -2.58. The molecule has 1 aliphatic rings. The van der Waals surface area contributed by atoms with Crippen molar-refractivity contribution < 1.29 is 49.8 Å². The largest absolute Gasteiger partial charge is 0.573 e. The van der Waals surface area contributed by atoms with Gasteiger partial charge >= 0.3 is 12.3 Å². The van der Waals surface area contributed by atoms with Crippen LogP contribution in [0.1, 0.15) is 31.4 Å². The molecule has 2 aromatic carbocycles. The van der Waals surface area contributed by atoms with Gasteiger partial charge in [-0.05, 0) is 29.8 Å². The minimum Gasteiger partial charge on any atom is -0.480 e. The number of rotatable bonds is 9. The number of sulfonamides is 1. The van der Waals surface area contributed by atoms with Gasteiger partial charge in [0, 0.05) is 56.6 Å². The number of piperazine rings is 1. The van der Waals surface area contributed by atoms with Gasteiger partial charge in [-0.25, -0.2) is 17.2 Å². The first kappa shape index (κ1) is 35.5. The molecule has 0 radical (unpaired) electrons. The molecule has 1 fully saturated rings. The third-order valence-electron chi connectivity index (χ3n) is 6.31. The fraction of sp³-hybridized carbons (Fsp3) is 0.385. The van der Waals surface area contributed by atoms with Gasteiger partial charge in [0.2, 0.25) is 27.0 Å². The number of benzene rings is 2. The summed E-state index contributed by atoms with van der Waals surface area (Å²) in [6.07, 6.45) is -5.11. The van der Waals surface area contributed by atoms with Gasteiger partial charge < -0.3 is 20.5 Å². The molecule has 12 nitrogen and oxygen atoms in total. The van der Waals surface area contributed by atoms with Crippen LogP contribution in [0.5, 0.6) is 5.75 Å². The van der Waals surface area contributed by atoms with E-state index < -0.39 is 40.1 Å². The number of carboxylic acid groups (broad SMARTS) is 1. The molecular formula is C26H29F5N6O6S2. The Labute approximate surface area is 258 Å². The molecule has 0 saturated carbocycles. The second-order valence-corrected chi connectivity index (χ2v) is 12.1. The number of carboxylic acids is 1. The van der Waals surface area contributed by atoms with Crippen LogP contribution in [0.15, 0.2) is 53.4 Å². The van der Waals surface area contributed by atoms with Crippen molar-refractivity contribution >= 4 is 44.5 Å². The minimum absolute atomic E-state index is 0.0422. The fourth-order valence-electron chi connectivity index (χ4n) is 4.02. The van der Waals surface area contributed by atoms with Gasteiger partial charge in [0.25, 0.3) is 5.92 Å². The van der Waals surface area contributed by atoms with Gasteiger partial charge in [-0.1, -0.05) is 31.2 Å². The number of aliphatic carboxylic acids is 1. The van der Waals surface area contributed by atoms with Crippen LogP contribution >= 0.6 is 11.5 Å². The van der Waals surface area contributed by atoms with E-state index in [-0.39, 0.29) is 48.4 Å². The van der Waals surface area contributed by atoms with Crippen molar-refractivity contribution in [2.45, 2.75) is 50.0 Å². The maximum absolute atomic E-state index is 13.1. The molecule has 0 bridgehead atoms. The van der Waals surface area contributed by atoms with Gasteiger partial charge in [0.05, 0.1) is 4.90 Å². The van der Waals surface area contributed by atoms with Crippen molar-refractivity contribution in [3.8, 4) is 5.75 Å². The highest BCUT2D eigenvalue weighted by Crippen LogP contribution is 2.31. The predicted octanol–water partition coefficient (Wildman–Crippen LogP) is 4.01. The first-order valence-electron chi connectivity index (χ1n) is 13.1. The monoisotopic (exact) mass is 680 g/mol. The van der Waals surface area contributed by atoms with Crippen molar-refractivity contribution in [2.24, 2.45) is 5.73 Å². The molecule has 19 heteroatoms. The first-order valence-corrected chi connectivity index (χ1v) is 15.3. The fourth-order valence-corrected chi connectivity index (χ4v) is 6.25. The summed E-state index contributed by atoms with van der Waals surface area (Å²) >= 11 is 0.906. The summed E-state index contributed by atoms with van der Waals surface area (Å²) < 4.78 is 97.4. The van der Waals surface area contributed by atoms with Gasteiger partial charge in [-0.15, -0.1) is 13.2 Å². The molecule has 1 saturated heterocycles. The molecule has 0 spiro atoms. The van der Waals surface area contributed by atoms with Crippen LogP contribution in [0.2, 0.25) is 0 Å².